The van der Waals surface area contributed by atoms with Crippen molar-refractivity contribution in [3.8, 4) is 5.75 Å². The van der Waals surface area contributed by atoms with Gasteiger partial charge in [-0.05, 0) is 17.7 Å². The Morgan fingerprint density at radius 2 is 2.14 bits per heavy atom. The van der Waals surface area contributed by atoms with E-state index in [0.717, 1.165) is 5.56 Å². The molecule has 0 amide bonds. The van der Waals surface area contributed by atoms with Crippen LogP contribution in [0, 0.1) is 0 Å². The summed E-state index contributed by atoms with van der Waals surface area (Å²) in [6.07, 6.45) is 1.57. The quantitative estimate of drug-likeness (QED) is 0.744. The van der Waals surface area contributed by atoms with Crippen LogP contribution in [0.4, 0.5) is 0 Å². The van der Waals surface area contributed by atoms with Gasteiger partial charge in [0.05, 0.1) is 12.1 Å². The minimum Gasteiger partial charge on any atom is -0.495 e. The predicted octanol–water partition coefficient (Wildman–Crippen LogP) is 1.37. The van der Waals surface area contributed by atoms with Crippen LogP contribution < -0.4 is 4.74 Å². The van der Waals surface area contributed by atoms with E-state index in [1.807, 2.05) is 0 Å². The van der Waals surface area contributed by atoms with E-state index in [0.29, 0.717) is 10.8 Å². The Balaban J connectivity index is 2.89. The maximum Gasteiger partial charge on any atom is 0.480 e. The number of hydrogen-bond acceptors (Lipinski definition) is 3. The molecule has 0 unspecified atom stereocenters. The molecule has 0 radical (unpaired) electrons. The standard InChI is InChI=1S/C9H10BClO3/c1-14-9-6-7(2-3-8(9)11)4-5-10(12)13/h2-6,12-13H,1H3/b5-4+. The van der Waals surface area contributed by atoms with Gasteiger partial charge < -0.3 is 14.8 Å². The maximum absolute atomic E-state index is 8.61. The number of halogens is 1. The van der Waals surface area contributed by atoms with Gasteiger partial charge in [-0.3, -0.25) is 0 Å². The minimum absolute atomic E-state index is 0.522. The summed E-state index contributed by atoms with van der Waals surface area (Å²) < 4.78 is 5.00. The first-order valence-electron chi connectivity index (χ1n) is 4.01. The Labute approximate surface area is 87.7 Å². The molecule has 1 aromatic carbocycles. The zero-order valence-corrected chi connectivity index (χ0v) is 8.40. The summed E-state index contributed by atoms with van der Waals surface area (Å²) in [7, 11) is 0.0759. The highest BCUT2D eigenvalue weighted by molar-refractivity contribution is 6.48. The summed E-state index contributed by atoms with van der Waals surface area (Å²) in [6.45, 7) is 0. The van der Waals surface area contributed by atoms with E-state index in [1.165, 1.54) is 13.1 Å². The Bertz CT molecular complexity index is 339. The van der Waals surface area contributed by atoms with Crippen LogP contribution in [0.2, 0.25) is 5.02 Å². The van der Waals surface area contributed by atoms with Gasteiger partial charge in [0, 0.05) is 0 Å². The van der Waals surface area contributed by atoms with Gasteiger partial charge >= 0.3 is 7.12 Å². The SMILES string of the molecule is COc1cc(/C=C/B(O)O)ccc1Cl. The molecular formula is C9H10BClO3. The monoisotopic (exact) mass is 212 g/mol. The lowest BCUT2D eigenvalue weighted by Gasteiger charge is -2.03. The summed E-state index contributed by atoms with van der Waals surface area (Å²) in [5.41, 5.74) is 0.791. The van der Waals surface area contributed by atoms with Crippen LogP contribution in [-0.4, -0.2) is 24.3 Å². The number of methoxy groups -OCH3 is 1. The van der Waals surface area contributed by atoms with Crippen molar-refractivity contribution in [3.63, 3.8) is 0 Å². The van der Waals surface area contributed by atoms with Crippen molar-refractivity contribution >= 4 is 24.8 Å². The summed E-state index contributed by atoms with van der Waals surface area (Å²) >= 11 is 5.81. The largest absolute Gasteiger partial charge is 0.495 e. The van der Waals surface area contributed by atoms with Crippen molar-refractivity contribution in [2.75, 3.05) is 7.11 Å². The van der Waals surface area contributed by atoms with Crippen LogP contribution in [0.15, 0.2) is 24.2 Å². The highest BCUT2D eigenvalue weighted by Crippen LogP contribution is 2.25. The first-order valence-corrected chi connectivity index (χ1v) is 4.39. The first-order chi connectivity index (χ1) is 6.63. The lowest BCUT2D eigenvalue weighted by Crippen LogP contribution is -2.05. The Morgan fingerprint density at radius 3 is 2.71 bits per heavy atom. The van der Waals surface area contributed by atoms with E-state index in [-0.39, 0.29) is 0 Å². The number of ether oxygens (including phenoxy) is 1. The fourth-order valence-electron chi connectivity index (χ4n) is 0.977. The molecule has 5 heteroatoms. The summed E-state index contributed by atoms with van der Waals surface area (Å²) in [5, 5.41) is 17.7. The van der Waals surface area contributed by atoms with Crippen molar-refractivity contribution in [1.29, 1.82) is 0 Å². The third-order valence-electron chi connectivity index (χ3n) is 1.64. The smallest absolute Gasteiger partial charge is 0.480 e. The Morgan fingerprint density at radius 1 is 1.43 bits per heavy atom. The Hall–Kier alpha value is -0.965. The lowest BCUT2D eigenvalue weighted by atomic mass is 9.91. The van der Waals surface area contributed by atoms with Crippen LogP contribution in [-0.2, 0) is 0 Å². The van der Waals surface area contributed by atoms with Crippen LogP contribution in [0.1, 0.15) is 5.56 Å². The van der Waals surface area contributed by atoms with E-state index in [2.05, 4.69) is 0 Å². The molecule has 74 valence electrons. The highest BCUT2D eigenvalue weighted by Gasteiger charge is 2.01. The molecule has 0 heterocycles. The molecule has 0 fully saturated rings. The molecule has 0 aliphatic heterocycles. The van der Waals surface area contributed by atoms with Gasteiger partial charge in [0.15, 0.2) is 0 Å². The molecule has 0 aliphatic carbocycles. The molecule has 0 atom stereocenters. The molecule has 3 nitrogen and oxygen atoms in total. The van der Waals surface area contributed by atoms with Crippen LogP contribution in [0.25, 0.3) is 6.08 Å². The number of benzene rings is 1. The van der Waals surface area contributed by atoms with Crippen LogP contribution in [0.5, 0.6) is 5.75 Å². The maximum atomic E-state index is 8.61. The average Bonchev–Trinajstić information content (AvgIpc) is 2.16. The summed E-state index contributed by atoms with van der Waals surface area (Å²) in [6, 6.07) is 5.15. The third kappa shape index (κ3) is 3.07. The molecule has 2 N–H and O–H groups in total. The average molecular weight is 212 g/mol. The van der Waals surface area contributed by atoms with Crippen molar-refractivity contribution in [1.82, 2.24) is 0 Å². The van der Waals surface area contributed by atoms with Gasteiger partial charge in [0.2, 0.25) is 0 Å². The molecule has 0 saturated carbocycles. The number of hydrogen-bond donors (Lipinski definition) is 2. The van der Waals surface area contributed by atoms with E-state index in [1.54, 1.807) is 24.3 Å². The molecule has 0 saturated heterocycles. The molecule has 14 heavy (non-hydrogen) atoms. The molecule has 0 spiro atoms. The van der Waals surface area contributed by atoms with Crippen molar-refractivity contribution < 1.29 is 14.8 Å². The molecule has 1 rings (SSSR count). The van der Waals surface area contributed by atoms with Gasteiger partial charge in [0.1, 0.15) is 5.75 Å². The normalized spacial score (nSPS) is 10.6. The second kappa shape index (κ2) is 5.05. The zero-order valence-electron chi connectivity index (χ0n) is 7.64. The second-order valence-electron chi connectivity index (χ2n) is 2.67. The van der Waals surface area contributed by atoms with E-state index in [9.17, 15) is 0 Å². The van der Waals surface area contributed by atoms with E-state index in [4.69, 9.17) is 26.4 Å². The minimum atomic E-state index is -1.45. The third-order valence-corrected chi connectivity index (χ3v) is 1.95. The van der Waals surface area contributed by atoms with Crippen molar-refractivity contribution in [2.24, 2.45) is 0 Å². The van der Waals surface area contributed by atoms with Gasteiger partial charge in [-0.25, -0.2) is 0 Å². The van der Waals surface area contributed by atoms with Gasteiger partial charge in [-0.15, -0.1) is 0 Å². The van der Waals surface area contributed by atoms with Crippen molar-refractivity contribution in [3.05, 3.63) is 34.8 Å². The second-order valence-corrected chi connectivity index (χ2v) is 3.07. The van der Waals surface area contributed by atoms with Crippen molar-refractivity contribution in [2.45, 2.75) is 0 Å². The van der Waals surface area contributed by atoms with Gasteiger partial charge in [-0.2, -0.15) is 0 Å². The molecule has 0 aromatic heterocycles. The zero-order chi connectivity index (χ0) is 10.6. The molecular weight excluding hydrogens is 202 g/mol. The number of rotatable bonds is 3. The molecule has 1 aromatic rings. The van der Waals surface area contributed by atoms with Gasteiger partial charge in [0.25, 0.3) is 0 Å². The Kier molecular flexibility index (Phi) is 4.01. The molecule has 0 bridgehead atoms. The molecule has 0 aliphatic rings. The first kappa shape index (κ1) is 11.1. The van der Waals surface area contributed by atoms with Crippen LogP contribution >= 0.6 is 11.6 Å². The van der Waals surface area contributed by atoms with E-state index >= 15 is 0 Å². The predicted molar refractivity (Wildman–Crippen MR) is 57.2 cm³/mol. The lowest BCUT2D eigenvalue weighted by molar-refractivity contribution is 0.415. The van der Waals surface area contributed by atoms with Gasteiger partial charge in [-0.1, -0.05) is 29.7 Å². The topological polar surface area (TPSA) is 49.7 Å². The fraction of sp³-hybridized carbons (Fsp3) is 0.111. The van der Waals surface area contributed by atoms with Crippen LogP contribution in [0.3, 0.4) is 0 Å². The van der Waals surface area contributed by atoms with E-state index < -0.39 is 7.12 Å². The fourth-order valence-corrected chi connectivity index (χ4v) is 1.17. The summed E-state index contributed by atoms with van der Waals surface area (Å²) in [4.78, 5) is 0. The highest BCUT2D eigenvalue weighted by atomic mass is 35.5. The summed E-state index contributed by atoms with van der Waals surface area (Å²) in [5.74, 6) is 1.81.